The zero-order valence-corrected chi connectivity index (χ0v) is 29.1. The van der Waals surface area contributed by atoms with Gasteiger partial charge in [-0.05, 0) is 74.6 Å². The maximum absolute atomic E-state index is 6.62. The summed E-state index contributed by atoms with van der Waals surface area (Å²) in [6.07, 6.45) is 21.6. The van der Waals surface area contributed by atoms with Crippen LogP contribution in [0.5, 0.6) is 0 Å². The summed E-state index contributed by atoms with van der Waals surface area (Å²) in [5.41, 5.74) is 9.40. The quantitative estimate of drug-likeness (QED) is 0.191. The van der Waals surface area contributed by atoms with Crippen LogP contribution >= 0.6 is 0 Å². The van der Waals surface area contributed by atoms with Crippen LogP contribution in [0.4, 0.5) is 17.1 Å². The molecule has 4 aromatic carbocycles. The molecule has 3 unspecified atom stereocenters. The number of hydrogen-bond donors (Lipinski definition) is 0. The Morgan fingerprint density at radius 1 is 0.620 bits per heavy atom. The van der Waals surface area contributed by atoms with E-state index >= 15 is 0 Å². The van der Waals surface area contributed by atoms with Gasteiger partial charge in [-0.25, -0.2) is 0 Å². The summed E-state index contributed by atoms with van der Waals surface area (Å²) in [6.45, 7) is 6.50. The molecule has 1 aromatic heterocycles. The number of aryl methyl sites for hydroxylation is 2. The first kappa shape index (κ1) is 30.5. The lowest BCUT2D eigenvalue weighted by Gasteiger charge is -2.33. The van der Waals surface area contributed by atoms with Crippen LogP contribution in [-0.2, 0) is 12.8 Å². The van der Waals surface area contributed by atoms with Crippen molar-refractivity contribution in [3.63, 3.8) is 0 Å². The van der Waals surface area contributed by atoms with Crippen molar-refractivity contribution in [1.29, 1.82) is 0 Å². The van der Waals surface area contributed by atoms with E-state index in [1.54, 1.807) is 0 Å². The highest BCUT2D eigenvalue weighted by Gasteiger charge is 2.30. The van der Waals surface area contributed by atoms with Gasteiger partial charge in [0.2, 0.25) is 0 Å². The van der Waals surface area contributed by atoms with Crippen LogP contribution in [0, 0.1) is 0 Å². The topological polar surface area (TPSA) is 32.6 Å². The molecule has 0 N–H and O–H groups in total. The number of fused-ring (bicyclic) bond motifs is 11. The molecule has 50 heavy (non-hydrogen) atoms. The maximum atomic E-state index is 6.62. The van der Waals surface area contributed by atoms with Crippen molar-refractivity contribution in [1.82, 2.24) is 14.7 Å². The third-order valence-corrected chi connectivity index (χ3v) is 11.1. The first-order valence-electron chi connectivity index (χ1n) is 18.0. The molecule has 4 aliphatic heterocycles. The van der Waals surface area contributed by atoms with E-state index in [9.17, 15) is 0 Å². The Bertz CT molecular complexity index is 2180. The Kier molecular flexibility index (Phi) is 7.56. The van der Waals surface area contributed by atoms with Crippen LogP contribution < -0.4 is 14.7 Å². The Balaban J connectivity index is 1.12. The predicted molar refractivity (Wildman–Crippen MR) is 206 cm³/mol. The average molecular weight is 661 g/mol. The molecule has 5 aromatic rings. The lowest BCUT2D eigenvalue weighted by atomic mass is 10.0. The summed E-state index contributed by atoms with van der Waals surface area (Å²) >= 11 is 0. The van der Waals surface area contributed by atoms with E-state index in [-0.39, 0.29) is 18.5 Å². The Morgan fingerprint density at radius 2 is 1.28 bits per heavy atom. The van der Waals surface area contributed by atoms with Gasteiger partial charge in [0.25, 0.3) is 0 Å². The second-order valence-electron chi connectivity index (χ2n) is 13.9. The Hall–Kier alpha value is -5.56. The molecule has 4 aliphatic rings. The minimum Gasteiger partial charge on any atom is -0.454 e. The van der Waals surface area contributed by atoms with Crippen molar-refractivity contribution in [3.05, 3.63) is 145 Å². The van der Waals surface area contributed by atoms with Gasteiger partial charge >= 0.3 is 0 Å². The van der Waals surface area contributed by atoms with Crippen LogP contribution in [0.2, 0.25) is 0 Å². The molecule has 0 fully saturated rings. The summed E-state index contributed by atoms with van der Waals surface area (Å²) in [5, 5.41) is 2.29. The number of anilines is 3. The minimum absolute atomic E-state index is 0.0324. The summed E-state index contributed by atoms with van der Waals surface area (Å²) in [6, 6.07) is 30.7. The Morgan fingerprint density at radius 3 is 2.06 bits per heavy atom. The molecule has 0 radical (unpaired) electrons. The highest BCUT2D eigenvalue weighted by atomic mass is 16.3. The number of nitrogens with zero attached hydrogens (tertiary/aromatic N) is 6. The molecule has 4 bridgehead atoms. The molecular weight excluding hydrogens is 617 g/mol. The van der Waals surface area contributed by atoms with Gasteiger partial charge in [0.15, 0.2) is 5.58 Å². The van der Waals surface area contributed by atoms with E-state index in [1.165, 1.54) is 22.5 Å². The first-order valence-corrected chi connectivity index (χ1v) is 18.0. The van der Waals surface area contributed by atoms with E-state index in [2.05, 4.69) is 179 Å². The molecule has 7 nitrogen and oxygen atoms in total. The highest BCUT2D eigenvalue weighted by Crippen LogP contribution is 2.41. The lowest BCUT2D eigenvalue weighted by molar-refractivity contribution is 0.277. The monoisotopic (exact) mass is 660 g/mol. The molecule has 0 saturated carbocycles. The van der Waals surface area contributed by atoms with Crippen LogP contribution in [0.1, 0.15) is 37.0 Å². The molecule has 0 spiro atoms. The first-order chi connectivity index (χ1) is 24.5. The molecule has 5 heterocycles. The van der Waals surface area contributed by atoms with Crippen LogP contribution in [-0.4, -0.2) is 53.3 Å². The second-order valence-corrected chi connectivity index (χ2v) is 13.9. The van der Waals surface area contributed by atoms with Gasteiger partial charge in [-0.2, -0.15) is 0 Å². The van der Waals surface area contributed by atoms with Gasteiger partial charge < -0.3 is 33.8 Å². The number of hydrogen-bond acceptors (Lipinski definition) is 7. The van der Waals surface area contributed by atoms with Crippen LogP contribution in [0.3, 0.4) is 0 Å². The van der Waals surface area contributed by atoms with E-state index in [4.69, 9.17) is 4.42 Å². The smallest absolute Gasteiger partial charge is 0.159 e. The van der Waals surface area contributed by atoms with Crippen molar-refractivity contribution in [3.8, 4) is 0 Å². The number of rotatable bonds is 3. The average Bonchev–Trinajstić information content (AvgIpc) is 3.91. The molecule has 252 valence electrons. The molecular formula is C43H44N6O. The van der Waals surface area contributed by atoms with Gasteiger partial charge in [0.05, 0.1) is 5.69 Å². The van der Waals surface area contributed by atoms with Gasteiger partial charge in [-0.15, -0.1) is 0 Å². The summed E-state index contributed by atoms with van der Waals surface area (Å²) in [5.74, 6) is 0. The minimum atomic E-state index is 0.0324. The van der Waals surface area contributed by atoms with Crippen molar-refractivity contribution in [2.45, 2.75) is 51.6 Å². The fourth-order valence-electron chi connectivity index (χ4n) is 8.15. The third-order valence-electron chi connectivity index (χ3n) is 11.1. The van der Waals surface area contributed by atoms with Crippen molar-refractivity contribution in [2.24, 2.45) is 0 Å². The maximum Gasteiger partial charge on any atom is 0.159 e. The fourth-order valence-corrected chi connectivity index (χ4v) is 8.15. The molecule has 0 saturated heterocycles. The summed E-state index contributed by atoms with van der Waals surface area (Å²) in [4.78, 5) is 14.4. The fraction of sp³-hybridized carbons (Fsp3) is 0.256. The van der Waals surface area contributed by atoms with Crippen LogP contribution in [0.15, 0.2) is 133 Å². The van der Waals surface area contributed by atoms with Crippen molar-refractivity contribution in [2.75, 3.05) is 34.8 Å². The van der Waals surface area contributed by atoms with E-state index in [0.29, 0.717) is 0 Å². The summed E-state index contributed by atoms with van der Waals surface area (Å²) in [7, 11) is 2.13. The van der Waals surface area contributed by atoms with Crippen molar-refractivity contribution < 1.29 is 4.42 Å². The number of benzene rings is 4. The SMILES string of the molecule is CC1N(C)C=CN1c1c(/C=C\C2N3C=CN2c2ccccc2CCc2ccccc2N2C=CN(CCC3)C2C)ccc2c1oc1ccccc12. The number of furan rings is 1. The predicted octanol–water partition coefficient (Wildman–Crippen LogP) is 8.92. The van der Waals surface area contributed by atoms with Gasteiger partial charge in [0.1, 0.15) is 24.1 Å². The molecule has 0 aliphatic carbocycles. The van der Waals surface area contributed by atoms with Gasteiger partial charge in [-0.1, -0.05) is 66.7 Å². The van der Waals surface area contributed by atoms with E-state index in [0.717, 1.165) is 65.5 Å². The van der Waals surface area contributed by atoms with Gasteiger partial charge in [0, 0.05) is 85.0 Å². The lowest BCUT2D eigenvalue weighted by Crippen LogP contribution is -2.40. The normalized spacial score (nSPS) is 21.9. The zero-order chi connectivity index (χ0) is 33.8. The van der Waals surface area contributed by atoms with E-state index < -0.39 is 0 Å². The third kappa shape index (κ3) is 5.11. The standard InChI is InChI=1S/C43H44N6O/c1-31-44(3)25-28-48(31)42-35(19-21-37-36-13-6-9-16-40(36)50-43(37)42)20-22-41-46-24-10-23-45-26-29-47(32(45)2)38-14-7-4-11-33(38)17-18-34-12-5-8-15-39(34)49(41)30-27-46/h4-9,11-16,19-22,25-32,41H,10,17-18,23-24H2,1-3H3/b22-20-. The molecule has 0 amide bonds. The van der Waals surface area contributed by atoms with Crippen molar-refractivity contribution >= 4 is 45.1 Å². The van der Waals surface area contributed by atoms with Gasteiger partial charge in [-0.3, -0.25) is 0 Å². The highest BCUT2D eigenvalue weighted by molar-refractivity contribution is 6.10. The second kappa shape index (κ2) is 12.4. The molecule has 3 atom stereocenters. The molecule has 7 heteroatoms. The molecule has 9 rings (SSSR count). The van der Waals surface area contributed by atoms with E-state index in [1.807, 2.05) is 6.07 Å². The summed E-state index contributed by atoms with van der Waals surface area (Å²) < 4.78 is 6.62. The van der Waals surface area contributed by atoms with Crippen LogP contribution in [0.25, 0.3) is 28.0 Å². The Labute approximate surface area is 294 Å². The zero-order valence-electron chi connectivity index (χ0n) is 29.1. The number of para-hydroxylation sites is 3. The largest absolute Gasteiger partial charge is 0.454 e.